The number of carbonyl (C=O) groups is 2. The van der Waals surface area contributed by atoms with Gasteiger partial charge >= 0.3 is 13.1 Å². The summed E-state index contributed by atoms with van der Waals surface area (Å²) in [6, 6.07) is 0. The molecule has 0 saturated heterocycles. The fourth-order valence-corrected chi connectivity index (χ4v) is 10.4. The minimum absolute atomic E-state index is 0.0824. The fraction of sp³-hybridized carbons (Fsp3) is 0.893. The Bertz CT molecular complexity index is 1160. The van der Waals surface area contributed by atoms with Crippen molar-refractivity contribution in [2.75, 3.05) is 26.4 Å². The molecule has 0 aromatic rings. The second-order valence-corrected chi connectivity index (χ2v) is 20.9. The van der Waals surface area contributed by atoms with Crippen LogP contribution in [0.4, 0.5) is 0 Å². The highest BCUT2D eigenvalue weighted by Crippen LogP contribution is 2.65. The number of unbranched alkanes of at least 4 members (excludes halogenated alkanes) is 28. The standard InChI is InChI=1S/C56H107O9P/c1-9-17-23-29-35-41-47-60-55(61-48-42-36-30-24-18-10-2)56(62-49-43-37-31-25-19-11-3,64-53(51(57)15-7)45-39-33-27-21-13-5)66(59,63-50-44-38-32-26-20-12-4)65-54(52(58)16-8)46-40-34-28-22-14-6/h15-16,53-55H,7-14,17-50H2,1-6H3. The lowest BCUT2D eigenvalue weighted by molar-refractivity contribution is -0.328. The van der Waals surface area contributed by atoms with E-state index in [1.54, 1.807) is 0 Å². The molecule has 4 atom stereocenters. The minimum atomic E-state index is -4.77. The van der Waals surface area contributed by atoms with E-state index < -0.39 is 31.6 Å². The van der Waals surface area contributed by atoms with Crippen LogP contribution in [0, 0.1) is 0 Å². The summed E-state index contributed by atoms with van der Waals surface area (Å²) in [6.45, 7) is 21.7. The summed E-state index contributed by atoms with van der Waals surface area (Å²) >= 11 is 0. The summed E-state index contributed by atoms with van der Waals surface area (Å²) < 4.78 is 57.9. The van der Waals surface area contributed by atoms with Crippen LogP contribution in [0.5, 0.6) is 0 Å². The minimum Gasteiger partial charge on any atom is -0.347 e. The van der Waals surface area contributed by atoms with Crippen LogP contribution in [0.2, 0.25) is 0 Å². The van der Waals surface area contributed by atoms with Gasteiger partial charge in [-0.1, -0.05) is 247 Å². The SMILES string of the molecule is C=CC(=O)C(CCCCCCC)OC(OCCCCCCCC)(C(OCCCCCCCC)OCCCCCCCC)P(=O)(OCCCCCCCC)OC(CCCCCCC)C(=O)C=C. The highest BCUT2D eigenvalue weighted by atomic mass is 31.2. The Kier molecular flexibility index (Phi) is 45.4. The van der Waals surface area contributed by atoms with Gasteiger partial charge in [0.1, 0.15) is 12.2 Å². The number of ether oxygens (including phenoxy) is 4. The van der Waals surface area contributed by atoms with Gasteiger partial charge in [0.05, 0.1) is 13.2 Å². The smallest absolute Gasteiger partial charge is 0.347 e. The summed E-state index contributed by atoms with van der Waals surface area (Å²) in [5.41, 5.74) is -2.34. The molecule has 9 nitrogen and oxygen atoms in total. The Hall–Kier alpha value is -1.19. The van der Waals surface area contributed by atoms with Crippen LogP contribution in [0.1, 0.15) is 273 Å². The van der Waals surface area contributed by atoms with Gasteiger partial charge in [-0.05, 0) is 50.7 Å². The second-order valence-electron chi connectivity index (χ2n) is 18.8. The van der Waals surface area contributed by atoms with Gasteiger partial charge in [0.15, 0.2) is 11.6 Å². The normalized spacial score (nSPS) is 14.5. The molecule has 0 spiro atoms. The molecule has 0 aromatic carbocycles. The Labute approximate surface area is 408 Å². The van der Waals surface area contributed by atoms with E-state index in [0.29, 0.717) is 51.7 Å². The van der Waals surface area contributed by atoms with Gasteiger partial charge in [-0.15, -0.1) is 0 Å². The van der Waals surface area contributed by atoms with Gasteiger partial charge < -0.3 is 23.5 Å². The van der Waals surface area contributed by atoms with Crippen molar-refractivity contribution in [3.63, 3.8) is 0 Å². The molecular weight excluding hydrogens is 848 g/mol. The van der Waals surface area contributed by atoms with Crippen molar-refractivity contribution in [2.24, 2.45) is 0 Å². The predicted molar refractivity (Wildman–Crippen MR) is 278 cm³/mol. The molecule has 0 aliphatic carbocycles. The Morgan fingerprint density at radius 3 is 1.15 bits per heavy atom. The molecule has 0 rings (SSSR count). The van der Waals surface area contributed by atoms with Crippen LogP contribution >= 0.6 is 7.60 Å². The summed E-state index contributed by atoms with van der Waals surface area (Å²) in [5.74, 6) is -0.730. The van der Waals surface area contributed by atoms with Crippen LogP contribution in [0.15, 0.2) is 25.3 Å². The molecule has 0 aliphatic rings. The van der Waals surface area contributed by atoms with Crippen LogP contribution in [0.3, 0.4) is 0 Å². The van der Waals surface area contributed by atoms with Crippen molar-refractivity contribution in [3.8, 4) is 0 Å². The molecule has 0 aromatic heterocycles. The lowest BCUT2D eigenvalue weighted by Gasteiger charge is -2.44. The van der Waals surface area contributed by atoms with E-state index in [0.717, 1.165) is 180 Å². The molecule has 390 valence electrons. The van der Waals surface area contributed by atoms with E-state index >= 15 is 4.57 Å². The van der Waals surface area contributed by atoms with Crippen LogP contribution in [0.25, 0.3) is 0 Å². The van der Waals surface area contributed by atoms with Crippen molar-refractivity contribution in [1.82, 2.24) is 0 Å². The first kappa shape index (κ1) is 64.8. The second kappa shape index (κ2) is 46.2. The third-order valence-electron chi connectivity index (χ3n) is 12.5. The zero-order valence-electron chi connectivity index (χ0n) is 44.2. The Balaban J connectivity index is 7.86. The lowest BCUT2D eigenvalue weighted by Crippen LogP contribution is -2.54. The summed E-state index contributed by atoms with van der Waals surface area (Å²) in [7, 11) is -4.77. The average molecular weight is 955 g/mol. The molecule has 0 radical (unpaired) electrons. The quantitative estimate of drug-likeness (QED) is 0.0255. The molecular formula is C56H107O9P. The lowest BCUT2D eigenvalue weighted by atomic mass is 10.1. The maximum Gasteiger partial charge on any atom is 0.396 e. The highest BCUT2D eigenvalue weighted by Gasteiger charge is 2.64. The van der Waals surface area contributed by atoms with Crippen LogP contribution in [-0.4, -0.2) is 62.0 Å². The zero-order chi connectivity index (χ0) is 48.8. The predicted octanol–water partition coefficient (Wildman–Crippen LogP) is 17.7. The van der Waals surface area contributed by atoms with E-state index in [9.17, 15) is 9.59 Å². The third-order valence-corrected chi connectivity index (χ3v) is 14.8. The average Bonchev–Trinajstić information content (AvgIpc) is 3.32. The molecule has 0 heterocycles. The van der Waals surface area contributed by atoms with Gasteiger partial charge in [-0.25, -0.2) is 0 Å². The first-order valence-corrected chi connectivity index (χ1v) is 29.5. The largest absolute Gasteiger partial charge is 0.396 e. The molecule has 10 heteroatoms. The van der Waals surface area contributed by atoms with Crippen molar-refractivity contribution in [1.29, 1.82) is 0 Å². The number of rotatable bonds is 54. The molecule has 0 N–H and O–H groups in total. The zero-order valence-corrected chi connectivity index (χ0v) is 45.1. The van der Waals surface area contributed by atoms with Crippen molar-refractivity contribution >= 4 is 19.2 Å². The Morgan fingerprint density at radius 1 is 0.439 bits per heavy atom. The van der Waals surface area contributed by atoms with Gasteiger partial charge in [0.2, 0.25) is 6.29 Å². The van der Waals surface area contributed by atoms with E-state index in [4.69, 9.17) is 28.0 Å². The van der Waals surface area contributed by atoms with E-state index in [2.05, 4.69) is 54.7 Å². The van der Waals surface area contributed by atoms with Crippen LogP contribution < -0.4 is 0 Å². The number of carbonyl (C=O) groups excluding carboxylic acids is 2. The van der Waals surface area contributed by atoms with Crippen LogP contribution in [-0.2, 0) is 42.1 Å². The first-order valence-electron chi connectivity index (χ1n) is 28.0. The number of hydrogen-bond acceptors (Lipinski definition) is 9. The summed E-state index contributed by atoms with van der Waals surface area (Å²) in [5, 5.41) is 0. The summed E-state index contributed by atoms with van der Waals surface area (Å²) in [6.07, 6.45) is 33.7. The topological polar surface area (TPSA) is 107 Å². The van der Waals surface area contributed by atoms with Crippen molar-refractivity contribution < 1.29 is 42.1 Å². The van der Waals surface area contributed by atoms with Gasteiger partial charge in [0.25, 0.3) is 0 Å². The molecule has 0 saturated carbocycles. The maximum absolute atomic E-state index is 16.7. The monoisotopic (exact) mass is 955 g/mol. The molecule has 0 fully saturated rings. The fourth-order valence-electron chi connectivity index (χ4n) is 8.20. The molecule has 0 amide bonds. The van der Waals surface area contributed by atoms with E-state index in [-0.39, 0.29) is 24.8 Å². The van der Waals surface area contributed by atoms with Gasteiger partial charge in [-0.2, -0.15) is 0 Å². The highest BCUT2D eigenvalue weighted by molar-refractivity contribution is 7.55. The first-order chi connectivity index (χ1) is 32.2. The van der Waals surface area contributed by atoms with Crippen molar-refractivity contribution in [3.05, 3.63) is 25.3 Å². The Morgan fingerprint density at radius 2 is 0.758 bits per heavy atom. The van der Waals surface area contributed by atoms with E-state index in [1.165, 1.54) is 25.0 Å². The molecule has 4 unspecified atom stereocenters. The molecule has 0 aliphatic heterocycles. The van der Waals surface area contributed by atoms with Crippen molar-refractivity contribution in [2.45, 2.75) is 297 Å². The number of ketones is 2. The third kappa shape index (κ3) is 31.1. The van der Waals surface area contributed by atoms with Gasteiger partial charge in [0, 0.05) is 13.2 Å². The van der Waals surface area contributed by atoms with Gasteiger partial charge in [-0.3, -0.25) is 18.7 Å². The van der Waals surface area contributed by atoms with E-state index in [1.807, 2.05) is 0 Å². The summed E-state index contributed by atoms with van der Waals surface area (Å²) in [4.78, 5) is 28.0. The number of hydrogen-bond donors (Lipinski definition) is 0. The molecule has 66 heavy (non-hydrogen) atoms. The maximum atomic E-state index is 16.7. The molecule has 0 bridgehead atoms.